The van der Waals surface area contributed by atoms with E-state index in [1.165, 1.54) is 11.3 Å². The summed E-state index contributed by atoms with van der Waals surface area (Å²) in [6.45, 7) is 6.91. The molecule has 110 valence electrons. The minimum atomic E-state index is -0.104. The normalized spacial score (nSPS) is 14.4. The molecule has 0 unspecified atom stereocenters. The lowest BCUT2D eigenvalue weighted by molar-refractivity contribution is -0.122. The van der Waals surface area contributed by atoms with Crippen LogP contribution in [-0.2, 0) is 4.79 Å². The SMILES string of the molecule is Cc1nc(C(C)C)sc1C(=O)NCCNC(=O)C1CC1. The summed E-state index contributed by atoms with van der Waals surface area (Å²) in [5.41, 5.74) is 0.776. The maximum atomic E-state index is 12.0. The fraction of sp³-hybridized carbons (Fsp3) is 0.643. The fourth-order valence-corrected chi connectivity index (χ4v) is 2.79. The van der Waals surface area contributed by atoms with Gasteiger partial charge in [-0.3, -0.25) is 9.59 Å². The first-order chi connectivity index (χ1) is 9.49. The van der Waals surface area contributed by atoms with Crippen LogP contribution in [-0.4, -0.2) is 29.9 Å². The van der Waals surface area contributed by atoms with E-state index in [1.54, 1.807) is 0 Å². The van der Waals surface area contributed by atoms with Gasteiger partial charge in [0.25, 0.3) is 5.91 Å². The zero-order valence-electron chi connectivity index (χ0n) is 12.2. The standard InChI is InChI=1S/C14H21N3O2S/c1-8(2)14-17-9(3)11(20-14)13(19)16-7-6-15-12(18)10-4-5-10/h8,10H,4-7H2,1-3H3,(H,15,18)(H,16,19). The molecule has 1 aliphatic carbocycles. The molecule has 1 heterocycles. The highest BCUT2D eigenvalue weighted by Gasteiger charge is 2.29. The molecule has 20 heavy (non-hydrogen) atoms. The zero-order valence-corrected chi connectivity index (χ0v) is 13.0. The molecule has 0 atom stereocenters. The number of aryl methyl sites for hydroxylation is 1. The van der Waals surface area contributed by atoms with E-state index in [9.17, 15) is 9.59 Å². The average Bonchev–Trinajstić information content (AvgIpc) is 3.17. The second kappa shape index (κ2) is 6.35. The molecule has 0 spiro atoms. The lowest BCUT2D eigenvalue weighted by Crippen LogP contribution is -2.35. The van der Waals surface area contributed by atoms with Gasteiger partial charge < -0.3 is 10.6 Å². The third-order valence-corrected chi connectivity index (χ3v) is 4.63. The molecular formula is C14H21N3O2S. The molecule has 1 aromatic rings. The molecule has 0 aliphatic heterocycles. The predicted octanol–water partition coefficient (Wildman–Crippen LogP) is 1.83. The van der Waals surface area contributed by atoms with Crippen LogP contribution in [0.3, 0.4) is 0 Å². The third kappa shape index (κ3) is 3.79. The van der Waals surface area contributed by atoms with Crippen molar-refractivity contribution in [2.75, 3.05) is 13.1 Å². The van der Waals surface area contributed by atoms with Crippen molar-refractivity contribution >= 4 is 23.2 Å². The molecule has 1 saturated carbocycles. The van der Waals surface area contributed by atoms with E-state index in [4.69, 9.17) is 0 Å². The van der Waals surface area contributed by atoms with Crippen LogP contribution in [0.5, 0.6) is 0 Å². The molecule has 1 aliphatic rings. The van der Waals surface area contributed by atoms with Crippen LogP contribution in [0.1, 0.15) is 53.0 Å². The van der Waals surface area contributed by atoms with Gasteiger partial charge in [0.2, 0.25) is 5.91 Å². The largest absolute Gasteiger partial charge is 0.354 e. The summed E-state index contributed by atoms with van der Waals surface area (Å²) in [5.74, 6) is 0.545. The van der Waals surface area contributed by atoms with E-state index in [2.05, 4.69) is 29.5 Å². The Kier molecular flexibility index (Phi) is 4.75. The lowest BCUT2D eigenvalue weighted by Gasteiger charge is -2.05. The second-order valence-electron chi connectivity index (χ2n) is 5.44. The van der Waals surface area contributed by atoms with Crippen molar-refractivity contribution in [1.29, 1.82) is 0 Å². The van der Waals surface area contributed by atoms with Gasteiger partial charge in [-0.15, -0.1) is 11.3 Å². The number of hydrogen-bond donors (Lipinski definition) is 2. The Morgan fingerprint density at radius 3 is 2.50 bits per heavy atom. The van der Waals surface area contributed by atoms with E-state index >= 15 is 0 Å². The van der Waals surface area contributed by atoms with Crippen molar-refractivity contribution in [2.24, 2.45) is 5.92 Å². The number of thiazole rings is 1. The summed E-state index contributed by atoms with van der Waals surface area (Å²) in [6.07, 6.45) is 1.99. The highest BCUT2D eigenvalue weighted by atomic mass is 32.1. The van der Waals surface area contributed by atoms with Gasteiger partial charge in [-0.25, -0.2) is 4.98 Å². The molecule has 6 heteroatoms. The first-order valence-electron chi connectivity index (χ1n) is 7.02. The topological polar surface area (TPSA) is 71.1 Å². The van der Waals surface area contributed by atoms with E-state index in [1.807, 2.05) is 6.92 Å². The van der Waals surface area contributed by atoms with Gasteiger partial charge in [0.1, 0.15) is 4.88 Å². The predicted molar refractivity (Wildman–Crippen MR) is 79.0 cm³/mol. The van der Waals surface area contributed by atoms with Gasteiger partial charge in [-0.05, 0) is 19.8 Å². The molecule has 2 amide bonds. The molecular weight excluding hydrogens is 274 g/mol. The molecule has 2 N–H and O–H groups in total. The van der Waals surface area contributed by atoms with Gasteiger partial charge in [-0.1, -0.05) is 13.8 Å². The summed E-state index contributed by atoms with van der Waals surface area (Å²) in [4.78, 5) is 28.5. The van der Waals surface area contributed by atoms with E-state index in [0.717, 1.165) is 23.5 Å². The van der Waals surface area contributed by atoms with E-state index in [-0.39, 0.29) is 17.7 Å². The summed E-state index contributed by atoms with van der Waals surface area (Å²) >= 11 is 1.44. The van der Waals surface area contributed by atoms with Gasteiger partial charge in [0, 0.05) is 24.9 Å². The van der Waals surface area contributed by atoms with Gasteiger partial charge in [0.15, 0.2) is 0 Å². The number of carbonyl (C=O) groups excluding carboxylic acids is 2. The van der Waals surface area contributed by atoms with Crippen LogP contribution in [0.4, 0.5) is 0 Å². The highest BCUT2D eigenvalue weighted by Crippen LogP contribution is 2.28. The van der Waals surface area contributed by atoms with Crippen LogP contribution >= 0.6 is 11.3 Å². The first kappa shape index (κ1) is 15.0. The first-order valence-corrected chi connectivity index (χ1v) is 7.84. The van der Waals surface area contributed by atoms with Crippen molar-refractivity contribution in [2.45, 2.75) is 39.5 Å². The molecule has 1 aromatic heterocycles. The number of carbonyl (C=O) groups is 2. The molecule has 2 rings (SSSR count). The smallest absolute Gasteiger partial charge is 0.263 e. The summed E-state index contributed by atoms with van der Waals surface area (Å²) < 4.78 is 0. The van der Waals surface area contributed by atoms with Crippen molar-refractivity contribution in [3.8, 4) is 0 Å². The maximum Gasteiger partial charge on any atom is 0.263 e. The number of nitrogens with zero attached hydrogens (tertiary/aromatic N) is 1. The quantitative estimate of drug-likeness (QED) is 0.787. The minimum Gasteiger partial charge on any atom is -0.354 e. The highest BCUT2D eigenvalue weighted by molar-refractivity contribution is 7.13. The Bertz CT molecular complexity index is 507. The van der Waals surface area contributed by atoms with E-state index < -0.39 is 0 Å². The maximum absolute atomic E-state index is 12.0. The molecule has 0 saturated heterocycles. The van der Waals surface area contributed by atoms with Gasteiger partial charge in [0.05, 0.1) is 10.7 Å². The lowest BCUT2D eigenvalue weighted by atomic mass is 10.2. The van der Waals surface area contributed by atoms with Crippen molar-refractivity contribution < 1.29 is 9.59 Å². The number of amides is 2. The average molecular weight is 295 g/mol. The molecule has 5 nitrogen and oxygen atoms in total. The van der Waals surface area contributed by atoms with Crippen molar-refractivity contribution in [3.05, 3.63) is 15.6 Å². The molecule has 0 radical (unpaired) electrons. The molecule has 0 bridgehead atoms. The van der Waals surface area contributed by atoms with Crippen molar-refractivity contribution in [1.82, 2.24) is 15.6 Å². The zero-order chi connectivity index (χ0) is 14.7. The fourth-order valence-electron chi connectivity index (χ4n) is 1.81. The number of rotatable bonds is 6. The second-order valence-corrected chi connectivity index (χ2v) is 6.47. The summed E-state index contributed by atoms with van der Waals surface area (Å²) in [7, 11) is 0. The number of aromatic nitrogens is 1. The minimum absolute atomic E-state index is 0.104. The Balaban J connectivity index is 1.77. The Labute approximate surface area is 123 Å². The van der Waals surface area contributed by atoms with Gasteiger partial charge in [-0.2, -0.15) is 0 Å². The summed E-state index contributed by atoms with van der Waals surface area (Å²) in [5, 5.41) is 6.63. The van der Waals surface area contributed by atoms with E-state index in [0.29, 0.717) is 23.9 Å². The van der Waals surface area contributed by atoms with Crippen LogP contribution in [0, 0.1) is 12.8 Å². The Morgan fingerprint density at radius 1 is 1.30 bits per heavy atom. The number of hydrogen-bond acceptors (Lipinski definition) is 4. The monoisotopic (exact) mass is 295 g/mol. The summed E-state index contributed by atoms with van der Waals surface area (Å²) in [6, 6.07) is 0. The van der Waals surface area contributed by atoms with Crippen LogP contribution in [0.15, 0.2) is 0 Å². The Morgan fingerprint density at radius 2 is 1.95 bits per heavy atom. The van der Waals surface area contributed by atoms with Crippen molar-refractivity contribution in [3.63, 3.8) is 0 Å². The molecule has 1 fully saturated rings. The Hall–Kier alpha value is -1.43. The number of nitrogens with one attached hydrogen (secondary N) is 2. The van der Waals surface area contributed by atoms with Crippen LogP contribution < -0.4 is 10.6 Å². The third-order valence-electron chi connectivity index (χ3n) is 3.17. The molecule has 0 aromatic carbocycles. The van der Waals surface area contributed by atoms with Crippen LogP contribution in [0.2, 0.25) is 0 Å². The van der Waals surface area contributed by atoms with Crippen LogP contribution in [0.25, 0.3) is 0 Å². The van der Waals surface area contributed by atoms with Gasteiger partial charge >= 0.3 is 0 Å².